The zero-order valence-corrected chi connectivity index (χ0v) is 13.6. The first-order valence-corrected chi connectivity index (χ1v) is 7.54. The van der Waals surface area contributed by atoms with Crippen LogP contribution in [0.15, 0.2) is 18.2 Å². The molecule has 3 nitrogen and oxygen atoms in total. The van der Waals surface area contributed by atoms with Crippen molar-refractivity contribution in [2.45, 2.75) is 47.1 Å². The molecule has 0 fully saturated rings. The minimum atomic E-state index is 0.0862. The third-order valence-electron chi connectivity index (χ3n) is 3.88. The fourth-order valence-electron chi connectivity index (χ4n) is 2.52. The van der Waals surface area contributed by atoms with Crippen molar-refractivity contribution in [3.05, 3.63) is 29.3 Å². The molecule has 0 aliphatic rings. The maximum atomic E-state index is 10.1. The average molecular weight is 278 g/mol. The number of benzene rings is 1. The molecule has 0 saturated carbocycles. The van der Waals surface area contributed by atoms with Gasteiger partial charge in [-0.15, -0.1) is 0 Å². The van der Waals surface area contributed by atoms with Gasteiger partial charge in [0.1, 0.15) is 5.75 Å². The van der Waals surface area contributed by atoms with E-state index in [-0.39, 0.29) is 11.5 Å². The zero-order valence-electron chi connectivity index (χ0n) is 13.6. The smallest absolute Gasteiger partial charge is 0.120 e. The first-order chi connectivity index (χ1) is 9.30. The standard InChI is InChI=1S/C17H30N2O/c1-6-9-19(12-17(4,5)11-18)14(3)15-10-13(2)7-8-16(15)20/h7-8,10,14,20H,6,9,11-12,18H2,1-5H3. The lowest BCUT2D eigenvalue weighted by molar-refractivity contribution is 0.139. The lowest BCUT2D eigenvalue weighted by Crippen LogP contribution is -2.40. The Morgan fingerprint density at radius 2 is 2.00 bits per heavy atom. The highest BCUT2D eigenvalue weighted by atomic mass is 16.3. The highest BCUT2D eigenvalue weighted by Crippen LogP contribution is 2.31. The van der Waals surface area contributed by atoms with Gasteiger partial charge in [-0.1, -0.05) is 38.5 Å². The van der Waals surface area contributed by atoms with Crippen molar-refractivity contribution < 1.29 is 5.11 Å². The highest BCUT2D eigenvalue weighted by Gasteiger charge is 2.25. The maximum absolute atomic E-state index is 10.1. The predicted octanol–water partition coefficient (Wildman–Crippen LogP) is 3.46. The lowest BCUT2D eigenvalue weighted by atomic mass is 9.91. The van der Waals surface area contributed by atoms with Crippen LogP contribution < -0.4 is 5.73 Å². The highest BCUT2D eigenvalue weighted by molar-refractivity contribution is 5.37. The Hall–Kier alpha value is -1.06. The molecule has 20 heavy (non-hydrogen) atoms. The van der Waals surface area contributed by atoms with E-state index < -0.39 is 0 Å². The third kappa shape index (κ3) is 4.50. The summed E-state index contributed by atoms with van der Waals surface area (Å²) in [5.74, 6) is 0.384. The summed E-state index contributed by atoms with van der Waals surface area (Å²) in [4.78, 5) is 2.42. The van der Waals surface area contributed by atoms with Gasteiger partial charge in [-0.25, -0.2) is 0 Å². The quantitative estimate of drug-likeness (QED) is 0.803. The number of aromatic hydroxyl groups is 1. The van der Waals surface area contributed by atoms with Crippen LogP contribution in [-0.4, -0.2) is 29.6 Å². The van der Waals surface area contributed by atoms with Crippen LogP contribution in [0.25, 0.3) is 0 Å². The molecule has 3 N–H and O–H groups in total. The van der Waals surface area contributed by atoms with Crippen LogP contribution in [0.3, 0.4) is 0 Å². The molecule has 0 aliphatic carbocycles. The van der Waals surface area contributed by atoms with Gasteiger partial charge in [0, 0.05) is 18.2 Å². The maximum Gasteiger partial charge on any atom is 0.120 e. The lowest BCUT2D eigenvalue weighted by Gasteiger charge is -2.36. The minimum absolute atomic E-state index is 0.0862. The third-order valence-corrected chi connectivity index (χ3v) is 3.88. The Labute approximate surface area is 123 Å². The van der Waals surface area contributed by atoms with Gasteiger partial charge < -0.3 is 10.8 Å². The summed E-state index contributed by atoms with van der Waals surface area (Å²) < 4.78 is 0. The molecule has 0 aromatic heterocycles. The molecule has 0 heterocycles. The van der Waals surface area contributed by atoms with Crippen molar-refractivity contribution in [1.82, 2.24) is 4.90 Å². The zero-order chi connectivity index (χ0) is 15.3. The van der Waals surface area contributed by atoms with Crippen LogP contribution >= 0.6 is 0 Å². The van der Waals surface area contributed by atoms with Crippen molar-refractivity contribution in [1.29, 1.82) is 0 Å². The second-order valence-electron chi connectivity index (χ2n) is 6.58. The largest absolute Gasteiger partial charge is 0.508 e. The van der Waals surface area contributed by atoms with E-state index in [4.69, 9.17) is 5.73 Å². The van der Waals surface area contributed by atoms with Gasteiger partial charge in [-0.3, -0.25) is 4.90 Å². The summed E-state index contributed by atoms with van der Waals surface area (Å²) >= 11 is 0. The van der Waals surface area contributed by atoms with Crippen LogP contribution in [0.5, 0.6) is 5.75 Å². The second-order valence-corrected chi connectivity index (χ2v) is 6.58. The van der Waals surface area contributed by atoms with Gasteiger partial charge >= 0.3 is 0 Å². The van der Waals surface area contributed by atoms with Gasteiger partial charge in [0.25, 0.3) is 0 Å². The van der Waals surface area contributed by atoms with E-state index in [2.05, 4.69) is 45.6 Å². The van der Waals surface area contributed by atoms with Gasteiger partial charge in [0.05, 0.1) is 0 Å². The van der Waals surface area contributed by atoms with E-state index >= 15 is 0 Å². The molecule has 0 spiro atoms. The van der Waals surface area contributed by atoms with E-state index in [0.717, 1.165) is 25.1 Å². The summed E-state index contributed by atoms with van der Waals surface area (Å²) in [5.41, 5.74) is 8.14. The number of rotatable bonds is 7. The van der Waals surface area contributed by atoms with Crippen molar-refractivity contribution in [3.8, 4) is 5.75 Å². The Morgan fingerprint density at radius 1 is 1.35 bits per heavy atom. The van der Waals surface area contributed by atoms with Gasteiger partial charge in [0.2, 0.25) is 0 Å². The topological polar surface area (TPSA) is 49.5 Å². The summed E-state index contributed by atoms with van der Waals surface area (Å²) in [7, 11) is 0. The fraction of sp³-hybridized carbons (Fsp3) is 0.647. The summed E-state index contributed by atoms with van der Waals surface area (Å²) in [6.07, 6.45) is 1.09. The van der Waals surface area contributed by atoms with E-state index in [1.807, 2.05) is 6.07 Å². The molecular formula is C17H30N2O. The number of phenolic OH excluding ortho intramolecular Hbond substituents is 1. The molecule has 0 amide bonds. The van der Waals surface area contributed by atoms with Crippen molar-refractivity contribution in [3.63, 3.8) is 0 Å². The Bertz CT molecular complexity index is 429. The van der Waals surface area contributed by atoms with Crippen LogP contribution in [0.2, 0.25) is 0 Å². The molecule has 114 valence electrons. The minimum Gasteiger partial charge on any atom is -0.508 e. The van der Waals surface area contributed by atoms with Crippen molar-refractivity contribution >= 4 is 0 Å². The first-order valence-electron chi connectivity index (χ1n) is 7.54. The monoisotopic (exact) mass is 278 g/mol. The summed E-state index contributed by atoms with van der Waals surface area (Å²) in [5, 5.41) is 10.1. The second kappa shape index (κ2) is 7.09. The molecule has 3 heteroatoms. The molecule has 1 aromatic carbocycles. The van der Waals surface area contributed by atoms with Crippen LogP contribution in [0.4, 0.5) is 0 Å². The number of nitrogens with two attached hydrogens (primary N) is 1. The fourth-order valence-corrected chi connectivity index (χ4v) is 2.52. The van der Waals surface area contributed by atoms with E-state index in [1.165, 1.54) is 5.56 Å². The molecule has 0 radical (unpaired) electrons. The van der Waals surface area contributed by atoms with Gasteiger partial charge in [0.15, 0.2) is 0 Å². The Balaban J connectivity index is 2.98. The van der Waals surface area contributed by atoms with Gasteiger partial charge in [-0.05, 0) is 44.8 Å². The molecule has 0 aliphatic heterocycles. The summed E-state index contributed by atoms with van der Waals surface area (Å²) in [6.45, 7) is 13.4. The van der Waals surface area contributed by atoms with E-state index in [9.17, 15) is 5.11 Å². The number of nitrogens with zero attached hydrogens (tertiary/aromatic N) is 1. The number of hydrogen-bond donors (Lipinski definition) is 2. The van der Waals surface area contributed by atoms with E-state index in [0.29, 0.717) is 12.3 Å². The number of aryl methyl sites for hydroxylation is 1. The average Bonchev–Trinajstić information content (AvgIpc) is 2.40. The van der Waals surface area contributed by atoms with Crippen LogP contribution in [0.1, 0.15) is 51.3 Å². The molecule has 1 unspecified atom stereocenters. The molecule has 1 atom stereocenters. The van der Waals surface area contributed by atoms with Crippen LogP contribution in [0, 0.1) is 12.3 Å². The predicted molar refractivity (Wildman–Crippen MR) is 86.0 cm³/mol. The van der Waals surface area contributed by atoms with E-state index in [1.54, 1.807) is 6.07 Å². The molecule has 1 rings (SSSR count). The molecular weight excluding hydrogens is 248 g/mol. The molecule has 1 aromatic rings. The van der Waals surface area contributed by atoms with Crippen molar-refractivity contribution in [2.24, 2.45) is 11.1 Å². The van der Waals surface area contributed by atoms with Gasteiger partial charge in [-0.2, -0.15) is 0 Å². The SMILES string of the molecule is CCCN(CC(C)(C)CN)C(C)c1cc(C)ccc1O. The Morgan fingerprint density at radius 3 is 2.55 bits per heavy atom. The summed E-state index contributed by atoms with van der Waals surface area (Å²) in [6, 6.07) is 6.01. The number of phenols is 1. The molecule has 0 saturated heterocycles. The Kier molecular flexibility index (Phi) is 6.03. The number of hydrogen-bond acceptors (Lipinski definition) is 3. The molecule has 0 bridgehead atoms. The van der Waals surface area contributed by atoms with Crippen molar-refractivity contribution in [2.75, 3.05) is 19.6 Å². The normalized spacial score (nSPS) is 13.8. The first kappa shape index (κ1) is 17.0. The van der Waals surface area contributed by atoms with Crippen LogP contribution in [-0.2, 0) is 0 Å².